The first-order chi connectivity index (χ1) is 14.4. The number of ether oxygens (including phenoxy) is 2. The number of benzene rings is 1. The molecular formula is C20H29FN2O6S. The summed E-state index contributed by atoms with van der Waals surface area (Å²) in [5, 5.41) is 12.6. The molecule has 0 unspecified atom stereocenters. The summed E-state index contributed by atoms with van der Waals surface area (Å²) < 4.78 is 52.1. The zero-order valence-corrected chi connectivity index (χ0v) is 17.6. The van der Waals surface area contributed by atoms with Crippen LogP contribution in [0.4, 0.5) is 4.39 Å². The first-order valence-corrected chi connectivity index (χ1v) is 11.8. The topological polar surface area (TPSA) is 114 Å². The smallest absolute Gasteiger partial charge is 0.241 e. The zero-order valence-electron chi connectivity index (χ0n) is 16.8. The molecule has 0 radical (unpaired) electrons. The van der Waals surface area contributed by atoms with Crippen molar-refractivity contribution in [2.75, 3.05) is 26.4 Å². The normalized spacial score (nSPS) is 25.7. The minimum Gasteiger partial charge on any atom is -0.394 e. The quantitative estimate of drug-likeness (QED) is 0.550. The summed E-state index contributed by atoms with van der Waals surface area (Å²) in [4.78, 5) is 12.0. The summed E-state index contributed by atoms with van der Waals surface area (Å²) in [6, 6.07) is 4.15. The van der Waals surface area contributed by atoms with Crippen LogP contribution in [-0.2, 0) is 24.3 Å². The van der Waals surface area contributed by atoms with E-state index in [1.54, 1.807) is 0 Å². The lowest BCUT2D eigenvalue weighted by Crippen LogP contribution is -2.51. The van der Waals surface area contributed by atoms with Gasteiger partial charge in [-0.05, 0) is 50.3 Å². The van der Waals surface area contributed by atoms with Crippen LogP contribution in [0.2, 0.25) is 0 Å². The number of carbonyl (C=O) groups is 1. The Labute approximate surface area is 176 Å². The van der Waals surface area contributed by atoms with E-state index in [9.17, 15) is 22.7 Å². The predicted octanol–water partition coefficient (Wildman–Crippen LogP) is 0.945. The molecule has 1 amide bonds. The number of aliphatic hydroxyl groups excluding tert-OH is 1. The Kier molecular flexibility index (Phi) is 8.18. The van der Waals surface area contributed by atoms with E-state index in [1.807, 2.05) is 0 Å². The molecule has 3 atom stereocenters. The Hall–Kier alpha value is -1.59. The van der Waals surface area contributed by atoms with Gasteiger partial charge in [0.15, 0.2) is 0 Å². The molecule has 0 aromatic heterocycles. The fraction of sp³-hybridized carbons (Fsp3) is 0.650. The van der Waals surface area contributed by atoms with E-state index in [0.717, 1.165) is 18.9 Å². The van der Waals surface area contributed by atoms with Gasteiger partial charge in [0.2, 0.25) is 15.9 Å². The van der Waals surface area contributed by atoms with E-state index in [2.05, 4.69) is 10.0 Å². The van der Waals surface area contributed by atoms with Crippen LogP contribution in [-0.4, -0.2) is 64.0 Å². The van der Waals surface area contributed by atoms with Crippen molar-refractivity contribution in [3.8, 4) is 0 Å². The fourth-order valence-corrected chi connectivity index (χ4v) is 5.17. The van der Waals surface area contributed by atoms with E-state index in [0.29, 0.717) is 39.0 Å². The largest absolute Gasteiger partial charge is 0.394 e. The molecule has 2 fully saturated rings. The molecule has 30 heavy (non-hydrogen) atoms. The number of carbonyl (C=O) groups excluding carboxylic acids is 1. The van der Waals surface area contributed by atoms with Gasteiger partial charge in [-0.15, -0.1) is 0 Å². The van der Waals surface area contributed by atoms with Crippen LogP contribution in [0.1, 0.15) is 32.1 Å². The molecule has 0 spiro atoms. The molecule has 2 saturated heterocycles. The van der Waals surface area contributed by atoms with Crippen molar-refractivity contribution >= 4 is 15.9 Å². The first kappa shape index (κ1) is 23.1. The Morgan fingerprint density at radius 2 is 1.97 bits per heavy atom. The molecule has 0 saturated carbocycles. The van der Waals surface area contributed by atoms with Crippen LogP contribution >= 0.6 is 0 Å². The van der Waals surface area contributed by atoms with Gasteiger partial charge in [0.05, 0.1) is 29.8 Å². The third-order valence-electron chi connectivity index (χ3n) is 5.57. The molecule has 0 aliphatic carbocycles. The lowest BCUT2D eigenvalue weighted by atomic mass is 9.97. The van der Waals surface area contributed by atoms with Gasteiger partial charge in [0.25, 0.3) is 0 Å². The molecular weight excluding hydrogens is 415 g/mol. The monoisotopic (exact) mass is 444 g/mol. The highest BCUT2D eigenvalue weighted by atomic mass is 32.2. The second-order valence-corrected chi connectivity index (χ2v) is 9.42. The number of sulfonamides is 1. The van der Waals surface area contributed by atoms with Crippen LogP contribution < -0.4 is 10.0 Å². The molecule has 0 bridgehead atoms. The molecule has 3 N–H and O–H groups in total. The number of amides is 1. The minimum absolute atomic E-state index is 0.0159. The molecule has 168 valence electrons. The van der Waals surface area contributed by atoms with E-state index < -0.39 is 28.0 Å². The average Bonchev–Trinajstić information content (AvgIpc) is 2.75. The van der Waals surface area contributed by atoms with Crippen LogP contribution in [0.25, 0.3) is 0 Å². The van der Waals surface area contributed by atoms with Gasteiger partial charge in [-0.2, -0.15) is 0 Å². The summed E-state index contributed by atoms with van der Waals surface area (Å²) in [5.74, 6) is -0.634. The number of aliphatic hydroxyl groups is 1. The van der Waals surface area contributed by atoms with Crippen molar-refractivity contribution in [2.24, 2.45) is 5.92 Å². The number of nitrogens with one attached hydrogen (secondary N) is 2. The molecule has 10 heteroatoms. The van der Waals surface area contributed by atoms with E-state index in [4.69, 9.17) is 9.47 Å². The minimum atomic E-state index is -3.93. The van der Waals surface area contributed by atoms with Crippen LogP contribution in [0.5, 0.6) is 0 Å². The lowest BCUT2D eigenvalue weighted by molar-refractivity contribution is -0.128. The van der Waals surface area contributed by atoms with E-state index in [-0.39, 0.29) is 29.4 Å². The third-order valence-corrected chi connectivity index (χ3v) is 7.05. The fourth-order valence-electron chi connectivity index (χ4n) is 3.84. The maximum Gasteiger partial charge on any atom is 0.241 e. The van der Waals surface area contributed by atoms with Crippen LogP contribution in [0, 0.1) is 11.7 Å². The second-order valence-electron chi connectivity index (χ2n) is 7.71. The average molecular weight is 445 g/mol. The van der Waals surface area contributed by atoms with E-state index in [1.165, 1.54) is 18.2 Å². The van der Waals surface area contributed by atoms with Gasteiger partial charge in [-0.25, -0.2) is 17.5 Å². The maximum absolute atomic E-state index is 13.4. The second kappa shape index (κ2) is 10.6. The Morgan fingerprint density at radius 1 is 1.20 bits per heavy atom. The third kappa shape index (κ3) is 6.21. The Bertz CT molecular complexity index is 815. The van der Waals surface area contributed by atoms with Gasteiger partial charge in [-0.3, -0.25) is 4.79 Å². The van der Waals surface area contributed by atoms with Gasteiger partial charge in [0.1, 0.15) is 5.82 Å². The van der Waals surface area contributed by atoms with Crippen LogP contribution in [0.15, 0.2) is 29.2 Å². The standard InChI is InChI=1S/C20H29FN2O6S/c21-15-2-1-3-17(12-15)30(26,27)23-18-5-4-16(29-19(18)13-24)6-9-22-20(25)14-7-10-28-11-8-14/h1-3,12,14,16,18-19,23-24H,4-11,13H2,(H,22,25)/t16-,18-,19-/m1/s1. The Balaban J connectivity index is 1.48. The van der Waals surface area contributed by atoms with Crippen molar-refractivity contribution < 1.29 is 32.2 Å². The number of hydrogen-bond acceptors (Lipinski definition) is 6. The predicted molar refractivity (Wildman–Crippen MR) is 107 cm³/mol. The van der Waals surface area contributed by atoms with Crippen molar-refractivity contribution in [1.82, 2.24) is 10.0 Å². The van der Waals surface area contributed by atoms with Crippen molar-refractivity contribution in [1.29, 1.82) is 0 Å². The number of halogens is 1. The van der Waals surface area contributed by atoms with Crippen LogP contribution in [0.3, 0.4) is 0 Å². The number of rotatable bonds is 8. The van der Waals surface area contributed by atoms with E-state index >= 15 is 0 Å². The number of hydrogen-bond donors (Lipinski definition) is 3. The summed E-state index contributed by atoms with van der Waals surface area (Å²) in [7, 11) is -3.93. The Morgan fingerprint density at radius 3 is 2.67 bits per heavy atom. The molecule has 8 nitrogen and oxygen atoms in total. The highest BCUT2D eigenvalue weighted by Crippen LogP contribution is 2.24. The molecule has 2 aliphatic rings. The van der Waals surface area contributed by atoms with Gasteiger partial charge < -0.3 is 19.9 Å². The highest BCUT2D eigenvalue weighted by Gasteiger charge is 2.34. The SMILES string of the molecule is O=C(NCC[C@H]1CC[C@@H](NS(=O)(=O)c2cccc(F)c2)[C@@H](CO)O1)C1CCOCC1. The lowest BCUT2D eigenvalue weighted by Gasteiger charge is -2.36. The highest BCUT2D eigenvalue weighted by molar-refractivity contribution is 7.89. The van der Waals surface area contributed by atoms with Crippen molar-refractivity contribution in [2.45, 2.75) is 55.2 Å². The molecule has 1 aromatic carbocycles. The molecule has 2 heterocycles. The summed E-state index contributed by atoms with van der Waals surface area (Å²) >= 11 is 0. The summed E-state index contributed by atoms with van der Waals surface area (Å²) in [5.41, 5.74) is 0. The van der Waals surface area contributed by atoms with Crippen molar-refractivity contribution in [3.05, 3.63) is 30.1 Å². The van der Waals surface area contributed by atoms with Gasteiger partial charge >= 0.3 is 0 Å². The van der Waals surface area contributed by atoms with Gasteiger partial charge in [-0.1, -0.05) is 6.07 Å². The molecule has 3 rings (SSSR count). The molecule has 2 aliphatic heterocycles. The zero-order chi connectivity index (χ0) is 21.6. The van der Waals surface area contributed by atoms with Gasteiger partial charge in [0, 0.05) is 25.7 Å². The summed E-state index contributed by atoms with van der Waals surface area (Å²) in [6.45, 7) is 1.32. The first-order valence-electron chi connectivity index (χ1n) is 10.3. The van der Waals surface area contributed by atoms with Crippen molar-refractivity contribution in [3.63, 3.8) is 0 Å². The molecule has 1 aromatic rings. The maximum atomic E-state index is 13.4. The summed E-state index contributed by atoms with van der Waals surface area (Å²) in [6.07, 6.45) is 2.19.